The largest absolute Gasteiger partial charge is 0.356 e. The smallest absolute Gasteiger partial charge is 0.220 e. The minimum Gasteiger partial charge on any atom is -0.356 e. The molecule has 0 aromatic rings. The summed E-state index contributed by atoms with van der Waals surface area (Å²) in [5.41, 5.74) is 0. The van der Waals surface area contributed by atoms with Gasteiger partial charge in [0.1, 0.15) is 0 Å². The molecule has 1 rings (SSSR count). The van der Waals surface area contributed by atoms with E-state index >= 15 is 0 Å². The molecule has 0 bridgehead atoms. The highest BCUT2D eigenvalue weighted by Gasteiger charge is 2.23. The van der Waals surface area contributed by atoms with Crippen LogP contribution in [0.1, 0.15) is 40.5 Å². The SMILES string of the molecule is CC(C)C1CNC(=O)C1.CCC. The Morgan fingerprint density at radius 3 is 2.17 bits per heavy atom. The molecule has 1 aliphatic heterocycles. The molecule has 1 unspecified atom stereocenters. The third-order valence-electron chi connectivity index (χ3n) is 1.95. The molecule has 72 valence electrons. The second-order valence-corrected chi connectivity index (χ2v) is 3.72. The lowest BCUT2D eigenvalue weighted by Gasteiger charge is -2.09. The molecule has 0 radical (unpaired) electrons. The predicted molar refractivity (Wildman–Crippen MR) is 51.9 cm³/mol. The van der Waals surface area contributed by atoms with Crippen molar-refractivity contribution in [3.05, 3.63) is 0 Å². The molecule has 0 aromatic carbocycles. The molecular weight excluding hydrogens is 150 g/mol. The van der Waals surface area contributed by atoms with E-state index in [0.29, 0.717) is 11.8 Å². The van der Waals surface area contributed by atoms with Gasteiger partial charge in [-0.2, -0.15) is 0 Å². The van der Waals surface area contributed by atoms with Crippen LogP contribution in [0.25, 0.3) is 0 Å². The number of amides is 1. The normalized spacial score (nSPS) is 21.8. The summed E-state index contributed by atoms with van der Waals surface area (Å²) in [5.74, 6) is 1.44. The van der Waals surface area contributed by atoms with Crippen LogP contribution in [0.2, 0.25) is 0 Å². The van der Waals surface area contributed by atoms with Gasteiger partial charge in [0.2, 0.25) is 5.91 Å². The van der Waals surface area contributed by atoms with Gasteiger partial charge in [-0.25, -0.2) is 0 Å². The molecular formula is C10H21NO. The quantitative estimate of drug-likeness (QED) is 0.644. The Morgan fingerprint density at radius 2 is 2.00 bits per heavy atom. The van der Waals surface area contributed by atoms with E-state index in [9.17, 15) is 4.79 Å². The number of rotatable bonds is 1. The number of nitrogens with one attached hydrogen (secondary N) is 1. The van der Waals surface area contributed by atoms with Crippen LogP contribution >= 0.6 is 0 Å². The molecule has 1 N–H and O–H groups in total. The lowest BCUT2D eigenvalue weighted by molar-refractivity contribution is -0.119. The van der Waals surface area contributed by atoms with E-state index in [-0.39, 0.29) is 5.91 Å². The molecule has 1 fully saturated rings. The molecule has 0 saturated carbocycles. The predicted octanol–water partition coefficient (Wildman–Crippen LogP) is 2.19. The first-order chi connectivity index (χ1) is 5.61. The van der Waals surface area contributed by atoms with Gasteiger partial charge in [0.05, 0.1) is 0 Å². The molecule has 12 heavy (non-hydrogen) atoms. The van der Waals surface area contributed by atoms with Crippen LogP contribution in [0.3, 0.4) is 0 Å². The maximum absolute atomic E-state index is 10.6. The maximum Gasteiger partial charge on any atom is 0.220 e. The summed E-state index contributed by atoms with van der Waals surface area (Å²) in [6.45, 7) is 9.45. The van der Waals surface area contributed by atoms with E-state index in [2.05, 4.69) is 33.0 Å². The van der Waals surface area contributed by atoms with E-state index in [1.54, 1.807) is 0 Å². The number of hydrogen-bond acceptors (Lipinski definition) is 1. The summed E-state index contributed by atoms with van der Waals surface area (Å²) in [6, 6.07) is 0. The summed E-state index contributed by atoms with van der Waals surface area (Å²) in [7, 11) is 0. The van der Waals surface area contributed by atoms with E-state index < -0.39 is 0 Å². The highest BCUT2D eigenvalue weighted by atomic mass is 16.1. The van der Waals surface area contributed by atoms with Crippen molar-refractivity contribution in [2.45, 2.75) is 40.5 Å². The molecule has 1 amide bonds. The third kappa shape index (κ3) is 4.37. The van der Waals surface area contributed by atoms with Crippen LogP contribution in [0, 0.1) is 11.8 Å². The number of carbonyl (C=O) groups excluding carboxylic acids is 1. The third-order valence-corrected chi connectivity index (χ3v) is 1.95. The van der Waals surface area contributed by atoms with Crippen molar-refractivity contribution in [1.29, 1.82) is 0 Å². The van der Waals surface area contributed by atoms with Crippen molar-refractivity contribution >= 4 is 5.91 Å². The molecule has 1 heterocycles. The minimum absolute atomic E-state index is 0.216. The first kappa shape index (κ1) is 11.5. The van der Waals surface area contributed by atoms with Gasteiger partial charge in [0, 0.05) is 13.0 Å². The molecule has 2 heteroatoms. The van der Waals surface area contributed by atoms with Gasteiger partial charge < -0.3 is 5.32 Å². The van der Waals surface area contributed by atoms with Crippen molar-refractivity contribution in [1.82, 2.24) is 5.32 Å². The lowest BCUT2D eigenvalue weighted by Crippen LogP contribution is -2.15. The molecule has 0 aromatic heterocycles. The highest BCUT2D eigenvalue weighted by molar-refractivity contribution is 5.78. The highest BCUT2D eigenvalue weighted by Crippen LogP contribution is 2.17. The van der Waals surface area contributed by atoms with Crippen molar-refractivity contribution in [3.63, 3.8) is 0 Å². The van der Waals surface area contributed by atoms with Gasteiger partial charge in [0.25, 0.3) is 0 Å². The minimum atomic E-state index is 0.216. The topological polar surface area (TPSA) is 29.1 Å². The maximum atomic E-state index is 10.6. The van der Waals surface area contributed by atoms with Gasteiger partial charge >= 0.3 is 0 Å². The van der Waals surface area contributed by atoms with Crippen molar-refractivity contribution < 1.29 is 4.79 Å². The Bertz CT molecular complexity index is 132. The average molecular weight is 171 g/mol. The number of carbonyl (C=O) groups is 1. The van der Waals surface area contributed by atoms with E-state index in [1.807, 2.05) is 0 Å². The summed E-state index contributed by atoms with van der Waals surface area (Å²) in [6.07, 6.45) is 1.98. The molecule has 1 aliphatic rings. The zero-order valence-electron chi connectivity index (χ0n) is 8.68. The van der Waals surface area contributed by atoms with Crippen molar-refractivity contribution in [3.8, 4) is 0 Å². The monoisotopic (exact) mass is 171 g/mol. The van der Waals surface area contributed by atoms with E-state index in [0.717, 1.165) is 13.0 Å². The van der Waals surface area contributed by atoms with Crippen LogP contribution in [0.5, 0.6) is 0 Å². The lowest BCUT2D eigenvalue weighted by atomic mass is 9.95. The summed E-state index contributed by atoms with van der Waals surface area (Å²) in [5, 5.41) is 2.81. The molecule has 1 saturated heterocycles. The fraction of sp³-hybridized carbons (Fsp3) is 0.900. The van der Waals surface area contributed by atoms with Crippen LogP contribution < -0.4 is 5.32 Å². The molecule has 0 spiro atoms. The Labute approximate surface area is 75.7 Å². The summed E-state index contributed by atoms with van der Waals surface area (Å²) >= 11 is 0. The molecule has 1 atom stereocenters. The first-order valence-corrected chi connectivity index (χ1v) is 4.88. The first-order valence-electron chi connectivity index (χ1n) is 4.88. The Morgan fingerprint density at radius 1 is 1.50 bits per heavy atom. The Balaban J connectivity index is 0.000000354. The summed E-state index contributed by atoms with van der Waals surface area (Å²) < 4.78 is 0. The van der Waals surface area contributed by atoms with Crippen LogP contribution in [-0.2, 0) is 4.79 Å². The molecule has 2 nitrogen and oxygen atoms in total. The van der Waals surface area contributed by atoms with Crippen LogP contribution in [0.15, 0.2) is 0 Å². The van der Waals surface area contributed by atoms with Gasteiger partial charge in [-0.1, -0.05) is 34.1 Å². The van der Waals surface area contributed by atoms with Crippen molar-refractivity contribution in [2.24, 2.45) is 11.8 Å². The number of hydrogen-bond donors (Lipinski definition) is 1. The van der Waals surface area contributed by atoms with Gasteiger partial charge in [-0.05, 0) is 11.8 Å². The zero-order valence-corrected chi connectivity index (χ0v) is 8.68. The van der Waals surface area contributed by atoms with Gasteiger partial charge in [-0.15, -0.1) is 0 Å². The summed E-state index contributed by atoms with van der Waals surface area (Å²) in [4.78, 5) is 10.6. The fourth-order valence-electron chi connectivity index (χ4n) is 1.10. The standard InChI is InChI=1S/C7H13NO.C3H8/c1-5(2)6-3-7(9)8-4-6;1-3-2/h5-6H,3-4H2,1-2H3,(H,8,9);3H2,1-2H3. The van der Waals surface area contributed by atoms with Crippen LogP contribution in [-0.4, -0.2) is 12.5 Å². The molecule has 0 aliphatic carbocycles. The van der Waals surface area contributed by atoms with Gasteiger partial charge in [-0.3, -0.25) is 4.79 Å². The fourth-order valence-corrected chi connectivity index (χ4v) is 1.10. The van der Waals surface area contributed by atoms with Crippen LogP contribution in [0.4, 0.5) is 0 Å². The van der Waals surface area contributed by atoms with Gasteiger partial charge in [0.15, 0.2) is 0 Å². The Kier molecular flexibility index (Phi) is 5.77. The Hall–Kier alpha value is -0.530. The zero-order chi connectivity index (χ0) is 9.56. The second-order valence-electron chi connectivity index (χ2n) is 3.72. The van der Waals surface area contributed by atoms with E-state index in [1.165, 1.54) is 6.42 Å². The van der Waals surface area contributed by atoms with E-state index in [4.69, 9.17) is 0 Å². The second kappa shape index (κ2) is 6.04. The average Bonchev–Trinajstić information content (AvgIpc) is 2.37. The van der Waals surface area contributed by atoms with Crippen molar-refractivity contribution in [2.75, 3.05) is 6.54 Å².